The van der Waals surface area contributed by atoms with Gasteiger partial charge < -0.3 is 10.7 Å². The van der Waals surface area contributed by atoms with Crippen molar-refractivity contribution in [3.05, 3.63) is 60.3 Å². The molecule has 0 amide bonds. The van der Waals surface area contributed by atoms with Gasteiger partial charge in [0.2, 0.25) is 0 Å². The lowest BCUT2D eigenvalue weighted by molar-refractivity contribution is 1.17. The molecule has 3 N–H and O–H groups in total. The van der Waals surface area contributed by atoms with Crippen LogP contribution in [0.1, 0.15) is 25.8 Å². The molecule has 0 radical (unpaired) electrons. The Hall–Kier alpha value is -3.21. The van der Waals surface area contributed by atoms with Crippen LogP contribution in [0.2, 0.25) is 0 Å². The zero-order valence-electron chi connectivity index (χ0n) is 14.2. The van der Waals surface area contributed by atoms with E-state index in [0.717, 1.165) is 56.4 Å². The summed E-state index contributed by atoms with van der Waals surface area (Å²) in [6, 6.07) is 8.17. The van der Waals surface area contributed by atoms with E-state index < -0.39 is 0 Å². The summed E-state index contributed by atoms with van der Waals surface area (Å²) in [5, 5.41) is 2.18. The number of pyridine rings is 3. The number of fused-ring (bicyclic) bond motifs is 3. The Labute approximate surface area is 145 Å². The lowest BCUT2D eigenvalue weighted by Crippen LogP contribution is -1.97. The van der Waals surface area contributed by atoms with Gasteiger partial charge in [-0.05, 0) is 48.7 Å². The summed E-state index contributed by atoms with van der Waals surface area (Å²) >= 11 is 0. The zero-order valence-corrected chi connectivity index (χ0v) is 14.2. The molecule has 4 aromatic heterocycles. The van der Waals surface area contributed by atoms with Crippen molar-refractivity contribution in [2.24, 2.45) is 5.73 Å². The number of nitrogens with two attached hydrogens (primary N) is 1. The first-order valence-electron chi connectivity index (χ1n) is 8.31. The molecule has 0 spiro atoms. The monoisotopic (exact) mass is 329 g/mol. The molecule has 0 unspecified atom stereocenters. The van der Waals surface area contributed by atoms with Crippen molar-refractivity contribution < 1.29 is 0 Å². The molecule has 4 rings (SSSR count). The molecule has 0 saturated heterocycles. The second-order valence-electron chi connectivity index (χ2n) is 6.12. The predicted octanol–water partition coefficient (Wildman–Crippen LogP) is 4.27. The first kappa shape index (κ1) is 15.3. The Morgan fingerprint density at radius 3 is 2.72 bits per heavy atom. The van der Waals surface area contributed by atoms with Crippen LogP contribution in [-0.4, -0.2) is 19.9 Å². The maximum Gasteiger partial charge on any atom is 0.138 e. The largest absolute Gasteiger partial charge is 0.402 e. The number of nitrogens with zero attached hydrogens (tertiary/aromatic N) is 3. The van der Waals surface area contributed by atoms with Gasteiger partial charge in [0, 0.05) is 40.6 Å². The van der Waals surface area contributed by atoms with Crippen molar-refractivity contribution in [3.8, 4) is 11.3 Å². The predicted molar refractivity (Wildman–Crippen MR) is 102 cm³/mol. The number of allylic oxidation sites excluding steroid dienone is 2. The van der Waals surface area contributed by atoms with E-state index in [9.17, 15) is 0 Å². The minimum Gasteiger partial charge on any atom is -0.402 e. The Bertz CT molecular complexity index is 1090. The number of H-pyrrole nitrogens is 1. The average Bonchev–Trinajstić information content (AvgIpc) is 3.00. The van der Waals surface area contributed by atoms with Gasteiger partial charge in [-0.25, -0.2) is 4.98 Å². The molecular formula is C20H19N5. The third-order valence-corrected chi connectivity index (χ3v) is 4.47. The van der Waals surface area contributed by atoms with E-state index in [2.05, 4.69) is 39.0 Å². The molecule has 4 aromatic rings. The summed E-state index contributed by atoms with van der Waals surface area (Å²) < 4.78 is 0. The molecule has 0 saturated carbocycles. The third kappa shape index (κ3) is 2.63. The van der Waals surface area contributed by atoms with Gasteiger partial charge in [-0.15, -0.1) is 0 Å². The van der Waals surface area contributed by atoms with Gasteiger partial charge in [0.05, 0.1) is 17.4 Å². The highest BCUT2D eigenvalue weighted by atomic mass is 14.9. The first-order valence-corrected chi connectivity index (χ1v) is 8.31. The molecule has 4 heterocycles. The van der Waals surface area contributed by atoms with Gasteiger partial charge in [-0.1, -0.05) is 6.92 Å². The maximum absolute atomic E-state index is 6.04. The highest BCUT2D eigenvalue weighted by Gasteiger charge is 2.11. The van der Waals surface area contributed by atoms with Gasteiger partial charge in [0.15, 0.2) is 0 Å². The average molecular weight is 329 g/mol. The second kappa shape index (κ2) is 6.02. The zero-order chi connectivity index (χ0) is 17.4. The fourth-order valence-electron chi connectivity index (χ4n) is 3.22. The van der Waals surface area contributed by atoms with E-state index in [1.165, 1.54) is 0 Å². The van der Waals surface area contributed by atoms with Crippen LogP contribution in [0.25, 0.3) is 38.8 Å². The molecule has 0 aromatic carbocycles. The SMILES string of the molecule is CC/C(=C(/C)N)c1cnc2[nH]c3cnc(-c4cccnc4)cc3c2c1. The van der Waals surface area contributed by atoms with E-state index in [0.29, 0.717) is 0 Å². The van der Waals surface area contributed by atoms with E-state index in [-0.39, 0.29) is 0 Å². The van der Waals surface area contributed by atoms with Gasteiger partial charge >= 0.3 is 0 Å². The molecule has 5 heteroatoms. The van der Waals surface area contributed by atoms with Crippen LogP contribution in [-0.2, 0) is 0 Å². The normalized spacial score (nSPS) is 12.6. The molecule has 25 heavy (non-hydrogen) atoms. The van der Waals surface area contributed by atoms with Gasteiger partial charge in [0.1, 0.15) is 5.65 Å². The van der Waals surface area contributed by atoms with Crippen LogP contribution in [0.3, 0.4) is 0 Å². The van der Waals surface area contributed by atoms with Crippen LogP contribution in [0.4, 0.5) is 0 Å². The van der Waals surface area contributed by atoms with E-state index in [4.69, 9.17) is 5.73 Å². The minimum atomic E-state index is 0.834. The van der Waals surface area contributed by atoms with Crippen LogP contribution in [0, 0.1) is 0 Å². The maximum atomic E-state index is 6.04. The van der Waals surface area contributed by atoms with Crippen molar-refractivity contribution in [3.63, 3.8) is 0 Å². The number of nitrogens with one attached hydrogen (secondary N) is 1. The Morgan fingerprint density at radius 2 is 2.00 bits per heavy atom. The summed E-state index contributed by atoms with van der Waals surface area (Å²) in [5.74, 6) is 0. The molecule has 124 valence electrons. The van der Waals surface area contributed by atoms with Crippen LogP contribution < -0.4 is 5.73 Å². The van der Waals surface area contributed by atoms with Gasteiger partial charge in [0.25, 0.3) is 0 Å². The fourth-order valence-corrected chi connectivity index (χ4v) is 3.22. The van der Waals surface area contributed by atoms with Crippen molar-refractivity contribution in [1.29, 1.82) is 0 Å². The number of hydrogen-bond donors (Lipinski definition) is 2. The second-order valence-corrected chi connectivity index (χ2v) is 6.12. The molecule has 0 bridgehead atoms. The summed E-state index contributed by atoms with van der Waals surface area (Å²) in [6.07, 6.45) is 8.19. The lowest BCUT2D eigenvalue weighted by Gasteiger charge is -2.07. The molecule has 0 aliphatic carbocycles. The smallest absolute Gasteiger partial charge is 0.138 e. The number of aromatic amines is 1. The molecular weight excluding hydrogens is 310 g/mol. The van der Waals surface area contributed by atoms with Gasteiger partial charge in [-0.2, -0.15) is 0 Å². The van der Waals surface area contributed by atoms with Crippen LogP contribution >= 0.6 is 0 Å². The number of aromatic nitrogens is 4. The molecule has 0 aliphatic heterocycles. The first-order chi connectivity index (χ1) is 12.2. The summed E-state index contributed by atoms with van der Waals surface area (Å²) in [6.45, 7) is 4.04. The molecule has 0 aliphatic rings. The molecule has 5 nitrogen and oxygen atoms in total. The molecule has 0 atom stereocenters. The fraction of sp³-hybridized carbons (Fsp3) is 0.150. The Kier molecular flexibility index (Phi) is 3.69. The van der Waals surface area contributed by atoms with E-state index in [1.807, 2.05) is 37.6 Å². The Balaban J connectivity index is 1.94. The van der Waals surface area contributed by atoms with Crippen molar-refractivity contribution >= 4 is 27.5 Å². The van der Waals surface area contributed by atoms with Gasteiger partial charge in [-0.3, -0.25) is 9.97 Å². The number of rotatable bonds is 3. The van der Waals surface area contributed by atoms with Crippen LogP contribution in [0.15, 0.2) is 54.7 Å². The molecule has 0 fully saturated rings. The van der Waals surface area contributed by atoms with Crippen molar-refractivity contribution in [2.75, 3.05) is 0 Å². The highest BCUT2D eigenvalue weighted by molar-refractivity contribution is 6.07. The van der Waals surface area contributed by atoms with E-state index >= 15 is 0 Å². The van der Waals surface area contributed by atoms with E-state index in [1.54, 1.807) is 6.20 Å². The Morgan fingerprint density at radius 1 is 1.12 bits per heavy atom. The third-order valence-electron chi connectivity index (χ3n) is 4.47. The van der Waals surface area contributed by atoms with Crippen molar-refractivity contribution in [2.45, 2.75) is 20.3 Å². The summed E-state index contributed by atoms with van der Waals surface area (Å²) in [4.78, 5) is 16.6. The summed E-state index contributed by atoms with van der Waals surface area (Å²) in [5.41, 5.74) is 12.8. The van der Waals surface area contributed by atoms with Crippen molar-refractivity contribution in [1.82, 2.24) is 19.9 Å². The highest BCUT2D eigenvalue weighted by Crippen LogP contribution is 2.30. The topological polar surface area (TPSA) is 80.5 Å². The minimum absolute atomic E-state index is 0.834. The lowest BCUT2D eigenvalue weighted by atomic mass is 10.0. The quantitative estimate of drug-likeness (QED) is 0.588. The number of hydrogen-bond acceptors (Lipinski definition) is 4. The standard InChI is InChI=1S/C20H19N5/c1-3-15(12(2)21)14-7-17-16-8-18(13-5-4-6-22-9-13)23-11-19(16)25-20(17)24-10-14/h4-11H,3,21H2,1-2H3,(H,24,25)/b15-12+. The summed E-state index contributed by atoms with van der Waals surface area (Å²) in [7, 11) is 0. The van der Waals surface area contributed by atoms with Crippen LogP contribution in [0.5, 0.6) is 0 Å².